The third kappa shape index (κ3) is 3.17. The van der Waals surface area contributed by atoms with Gasteiger partial charge < -0.3 is 10.4 Å². The van der Waals surface area contributed by atoms with Crippen molar-refractivity contribution in [1.29, 1.82) is 0 Å². The summed E-state index contributed by atoms with van der Waals surface area (Å²) in [5, 5.41) is 13.8. The number of benzene rings is 1. The van der Waals surface area contributed by atoms with Gasteiger partial charge in [-0.25, -0.2) is 0 Å². The Bertz CT molecular complexity index is 612. The van der Waals surface area contributed by atoms with Crippen molar-refractivity contribution in [2.24, 2.45) is 22.7 Å². The zero-order chi connectivity index (χ0) is 18.2. The molecule has 2 fully saturated rings. The van der Waals surface area contributed by atoms with Gasteiger partial charge in [-0.1, -0.05) is 51.1 Å². The molecule has 0 amide bonds. The molecule has 0 heterocycles. The number of nitrogens with one attached hydrogen (secondary N) is 1. The van der Waals surface area contributed by atoms with Crippen molar-refractivity contribution in [2.75, 3.05) is 6.54 Å². The Morgan fingerprint density at radius 1 is 1.28 bits per heavy atom. The van der Waals surface area contributed by atoms with E-state index < -0.39 is 6.10 Å². The van der Waals surface area contributed by atoms with E-state index >= 15 is 0 Å². The Morgan fingerprint density at radius 2 is 1.96 bits per heavy atom. The quantitative estimate of drug-likeness (QED) is 0.783. The average Bonchev–Trinajstić information content (AvgIpc) is 2.94. The van der Waals surface area contributed by atoms with Gasteiger partial charge in [-0.05, 0) is 48.5 Å². The summed E-state index contributed by atoms with van der Waals surface area (Å²) in [7, 11) is 0. The smallest absolute Gasteiger partial charge is 0.137 e. The van der Waals surface area contributed by atoms with Crippen LogP contribution in [0.1, 0.15) is 65.0 Å². The maximum Gasteiger partial charge on any atom is 0.137 e. The van der Waals surface area contributed by atoms with Crippen LogP contribution in [0.25, 0.3) is 0 Å². The molecule has 2 N–H and O–H groups in total. The van der Waals surface area contributed by atoms with Crippen molar-refractivity contribution in [3.05, 3.63) is 35.9 Å². The van der Waals surface area contributed by atoms with Crippen molar-refractivity contribution in [2.45, 2.75) is 65.5 Å². The minimum Gasteiger partial charge on any atom is -0.387 e. The summed E-state index contributed by atoms with van der Waals surface area (Å²) < 4.78 is 0. The summed E-state index contributed by atoms with van der Waals surface area (Å²) in [5.41, 5.74) is 1.37. The van der Waals surface area contributed by atoms with Crippen LogP contribution >= 0.6 is 0 Å². The van der Waals surface area contributed by atoms with Gasteiger partial charge in [0.15, 0.2) is 0 Å². The fraction of sp³-hybridized carbons (Fsp3) is 0.682. The number of aliphatic hydroxyl groups excluding tert-OH is 1. The van der Waals surface area contributed by atoms with E-state index in [2.05, 4.69) is 26.1 Å². The number of rotatable bonds is 7. The second-order valence-corrected chi connectivity index (χ2v) is 8.98. The van der Waals surface area contributed by atoms with Crippen LogP contribution in [-0.4, -0.2) is 23.5 Å². The van der Waals surface area contributed by atoms with Gasteiger partial charge in [-0.15, -0.1) is 0 Å². The van der Waals surface area contributed by atoms with Gasteiger partial charge in [-0.3, -0.25) is 4.79 Å². The Balaban J connectivity index is 1.50. The molecule has 0 saturated heterocycles. The largest absolute Gasteiger partial charge is 0.387 e. The normalized spacial score (nSPS) is 32.5. The van der Waals surface area contributed by atoms with E-state index in [1.807, 2.05) is 37.3 Å². The van der Waals surface area contributed by atoms with Gasteiger partial charge in [0.05, 0.1) is 6.10 Å². The second-order valence-electron chi connectivity index (χ2n) is 8.98. The molecular weight excluding hydrogens is 310 g/mol. The monoisotopic (exact) mass is 343 g/mol. The topological polar surface area (TPSA) is 49.3 Å². The van der Waals surface area contributed by atoms with Crippen LogP contribution in [0.15, 0.2) is 30.3 Å². The van der Waals surface area contributed by atoms with Gasteiger partial charge >= 0.3 is 0 Å². The predicted molar refractivity (Wildman–Crippen MR) is 101 cm³/mol. The molecule has 0 radical (unpaired) electrons. The number of hydrogen-bond acceptors (Lipinski definition) is 3. The number of hydrogen-bond donors (Lipinski definition) is 2. The maximum atomic E-state index is 12.8. The van der Waals surface area contributed by atoms with Crippen LogP contribution in [0.4, 0.5) is 0 Å². The van der Waals surface area contributed by atoms with E-state index in [1.54, 1.807) is 0 Å². The molecule has 5 unspecified atom stereocenters. The van der Waals surface area contributed by atoms with Crippen LogP contribution < -0.4 is 5.32 Å². The fourth-order valence-corrected chi connectivity index (χ4v) is 5.34. The van der Waals surface area contributed by atoms with Gasteiger partial charge in [0.25, 0.3) is 0 Å². The highest BCUT2D eigenvalue weighted by Crippen LogP contribution is 2.68. The zero-order valence-corrected chi connectivity index (χ0v) is 16.1. The van der Waals surface area contributed by atoms with Crippen molar-refractivity contribution in [3.8, 4) is 0 Å². The number of ketones is 1. The first-order valence-corrected chi connectivity index (χ1v) is 9.76. The number of Topliss-reactive ketones (excluding diaryl/α,β-unsaturated/α-hetero) is 1. The first-order valence-electron chi connectivity index (χ1n) is 9.76. The molecule has 0 aliphatic heterocycles. The molecule has 2 bridgehead atoms. The van der Waals surface area contributed by atoms with Gasteiger partial charge in [0, 0.05) is 24.9 Å². The second kappa shape index (κ2) is 6.85. The number of fused-ring (bicyclic) bond motifs is 2. The summed E-state index contributed by atoms with van der Waals surface area (Å²) in [4.78, 5) is 12.8. The van der Waals surface area contributed by atoms with E-state index in [-0.39, 0.29) is 22.8 Å². The Labute approximate surface area is 152 Å². The van der Waals surface area contributed by atoms with Gasteiger partial charge in [0.1, 0.15) is 5.78 Å². The van der Waals surface area contributed by atoms with E-state index in [0.717, 1.165) is 12.0 Å². The summed E-state index contributed by atoms with van der Waals surface area (Å²) in [6.07, 6.45) is 3.57. The van der Waals surface area contributed by atoms with E-state index in [1.165, 1.54) is 12.8 Å². The minimum absolute atomic E-state index is 0.0674. The highest BCUT2D eigenvalue weighted by Gasteiger charge is 2.62. The highest BCUT2D eigenvalue weighted by molar-refractivity contribution is 5.82. The average molecular weight is 344 g/mol. The molecule has 0 spiro atoms. The van der Waals surface area contributed by atoms with Crippen molar-refractivity contribution in [1.82, 2.24) is 5.32 Å². The minimum atomic E-state index is -0.546. The SMILES string of the molecule is CC(NCCC(=O)C1CC2CCC1(C)C2(C)C)C(O)c1ccccc1. The lowest BCUT2D eigenvalue weighted by Crippen LogP contribution is -2.38. The Hall–Kier alpha value is -1.19. The summed E-state index contributed by atoms with van der Waals surface area (Å²) in [6.45, 7) is 9.66. The van der Waals surface area contributed by atoms with Crippen LogP contribution in [0.3, 0.4) is 0 Å². The molecule has 2 aliphatic rings. The number of aliphatic hydroxyl groups is 1. The summed E-state index contributed by atoms with van der Waals surface area (Å²) >= 11 is 0. The molecule has 1 aromatic carbocycles. The first kappa shape index (κ1) is 18.6. The summed E-state index contributed by atoms with van der Waals surface area (Å²) in [5.74, 6) is 1.34. The lowest BCUT2D eigenvalue weighted by atomic mass is 9.65. The van der Waals surface area contributed by atoms with E-state index in [9.17, 15) is 9.90 Å². The molecule has 5 atom stereocenters. The van der Waals surface area contributed by atoms with Crippen molar-refractivity contribution < 1.29 is 9.90 Å². The zero-order valence-electron chi connectivity index (χ0n) is 16.1. The molecule has 3 nitrogen and oxygen atoms in total. The molecule has 138 valence electrons. The fourth-order valence-electron chi connectivity index (χ4n) is 5.34. The van der Waals surface area contributed by atoms with E-state index in [4.69, 9.17) is 0 Å². The highest BCUT2D eigenvalue weighted by atomic mass is 16.3. The predicted octanol–water partition coefficient (Wildman–Crippen LogP) is 4.12. The van der Waals surface area contributed by atoms with Gasteiger partial charge in [-0.2, -0.15) is 0 Å². The third-order valence-corrected chi connectivity index (χ3v) is 7.64. The molecule has 0 aromatic heterocycles. The molecule has 3 heteroatoms. The lowest BCUT2D eigenvalue weighted by Gasteiger charge is -2.38. The maximum absolute atomic E-state index is 12.8. The first-order chi connectivity index (χ1) is 11.8. The van der Waals surface area contributed by atoms with Crippen LogP contribution in [-0.2, 0) is 4.79 Å². The van der Waals surface area contributed by atoms with Crippen LogP contribution in [0.2, 0.25) is 0 Å². The van der Waals surface area contributed by atoms with E-state index in [0.29, 0.717) is 24.7 Å². The van der Waals surface area contributed by atoms with Gasteiger partial charge in [0.2, 0.25) is 0 Å². The number of carbonyl (C=O) groups is 1. The van der Waals surface area contributed by atoms with Crippen molar-refractivity contribution in [3.63, 3.8) is 0 Å². The summed E-state index contributed by atoms with van der Waals surface area (Å²) in [6, 6.07) is 9.63. The lowest BCUT2D eigenvalue weighted by molar-refractivity contribution is -0.127. The Morgan fingerprint density at radius 3 is 2.52 bits per heavy atom. The molecule has 1 aromatic rings. The molecule has 2 aliphatic carbocycles. The van der Waals surface area contributed by atoms with Crippen LogP contribution in [0, 0.1) is 22.7 Å². The van der Waals surface area contributed by atoms with Crippen LogP contribution in [0.5, 0.6) is 0 Å². The number of carbonyl (C=O) groups excluding carboxylic acids is 1. The molecule has 25 heavy (non-hydrogen) atoms. The Kier molecular flexibility index (Phi) is 5.09. The molecule has 3 rings (SSSR count). The molecular formula is C22H33NO2. The third-order valence-electron chi connectivity index (χ3n) is 7.64. The standard InChI is InChI=1S/C22H33NO2/c1-15(20(25)16-8-6-5-7-9-16)23-13-11-19(24)18-14-17-10-12-22(18,4)21(17,2)3/h5-9,15,17-18,20,23,25H,10-14H2,1-4H3. The molecule has 2 saturated carbocycles. The van der Waals surface area contributed by atoms with Crippen molar-refractivity contribution >= 4 is 5.78 Å².